The fourth-order valence-corrected chi connectivity index (χ4v) is 5.29. The van der Waals surface area contributed by atoms with Gasteiger partial charge in [0.2, 0.25) is 0 Å². The van der Waals surface area contributed by atoms with E-state index in [0.717, 1.165) is 11.1 Å². The van der Waals surface area contributed by atoms with E-state index in [9.17, 15) is 13.2 Å². The fraction of sp³-hybridized carbons (Fsp3) is 0.238. The predicted octanol–water partition coefficient (Wildman–Crippen LogP) is 3.82. The first-order valence-electron chi connectivity index (χ1n) is 9.19. The zero-order chi connectivity index (χ0) is 20.4. The minimum Gasteiger partial charge on any atom is -0.355 e. The van der Waals surface area contributed by atoms with E-state index in [1.54, 1.807) is 23.1 Å². The van der Waals surface area contributed by atoms with E-state index in [4.69, 9.17) is 16.1 Å². The van der Waals surface area contributed by atoms with Crippen LogP contribution >= 0.6 is 11.6 Å². The highest BCUT2D eigenvalue weighted by Gasteiger charge is 2.36. The maximum atomic E-state index is 13.2. The lowest BCUT2D eigenvalue weighted by molar-refractivity contribution is 0.0670. The standard InChI is InChI=1S/C21H19ClN2O4S/c22-17-8-6-15(7-9-17)13-24(18-10-11-29(26,27)14-18)21(25)19-12-20(28-23-19)16-4-2-1-3-5-16/h1-9,12,18H,10-11,13-14H2/t18-/m0/s1. The topological polar surface area (TPSA) is 80.5 Å². The zero-order valence-electron chi connectivity index (χ0n) is 15.5. The molecule has 1 aliphatic heterocycles. The molecule has 0 radical (unpaired) electrons. The van der Waals surface area contributed by atoms with Gasteiger partial charge in [-0.1, -0.05) is 59.2 Å². The number of hydrogen-bond donors (Lipinski definition) is 0. The van der Waals surface area contributed by atoms with Gasteiger partial charge in [0, 0.05) is 29.2 Å². The molecule has 0 unspecified atom stereocenters. The first-order valence-corrected chi connectivity index (χ1v) is 11.4. The van der Waals surface area contributed by atoms with Gasteiger partial charge in [0.05, 0.1) is 11.5 Å². The number of carbonyl (C=O) groups excluding carboxylic acids is 1. The monoisotopic (exact) mass is 430 g/mol. The van der Waals surface area contributed by atoms with Gasteiger partial charge in [-0.25, -0.2) is 8.42 Å². The maximum absolute atomic E-state index is 13.2. The van der Waals surface area contributed by atoms with Crippen molar-refractivity contribution in [1.29, 1.82) is 0 Å². The van der Waals surface area contributed by atoms with Crippen molar-refractivity contribution in [3.63, 3.8) is 0 Å². The quantitative estimate of drug-likeness (QED) is 0.614. The van der Waals surface area contributed by atoms with Crippen LogP contribution in [0.5, 0.6) is 0 Å². The number of rotatable bonds is 5. The summed E-state index contributed by atoms with van der Waals surface area (Å²) in [5, 5.41) is 4.54. The molecule has 29 heavy (non-hydrogen) atoms. The summed E-state index contributed by atoms with van der Waals surface area (Å²) in [6, 6.07) is 17.7. The van der Waals surface area contributed by atoms with Crippen LogP contribution in [-0.2, 0) is 16.4 Å². The van der Waals surface area contributed by atoms with Crippen LogP contribution in [0.4, 0.5) is 0 Å². The molecule has 6 nitrogen and oxygen atoms in total. The van der Waals surface area contributed by atoms with Crippen molar-refractivity contribution in [2.45, 2.75) is 19.0 Å². The number of benzene rings is 2. The number of aromatic nitrogens is 1. The van der Waals surface area contributed by atoms with Crippen LogP contribution in [0.25, 0.3) is 11.3 Å². The van der Waals surface area contributed by atoms with Crippen LogP contribution in [0, 0.1) is 0 Å². The highest BCUT2D eigenvalue weighted by Crippen LogP contribution is 2.25. The summed E-state index contributed by atoms with van der Waals surface area (Å²) in [6.07, 6.45) is 0.408. The third-order valence-electron chi connectivity index (χ3n) is 4.96. The average molecular weight is 431 g/mol. The molecule has 0 N–H and O–H groups in total. The molecule has 1 aliphatic rings. The molecule has 1 atom stereocenters. The van der Waals surface area contributed by atoms with Gasteiger partial charge < -0.3 is 9.42 Å². The number of sulfone groups is 1. The van der Waals surface area contributed by atoms with Gasteiger partial charge in [0.25, 0.3) is 5.91 Å². The molecule has 1 amide bonds. The average Bonchev–Trinajstić information content (AvgIpc) is 3.34. The van der Waals surface area contributed by atoms with Crippen molar-refractivity contribution in [1.82, 2.24) is 10.1 Å². The molecule has 0 aliphatic carbocycles. The third kappa shape index (κ3) is 4.52. The minimum atomic E-state index is -3.15. The SMILES string of the molecule is O=C(c1cc(-c2ccccc2)on1)N(Cc1ccc(Cl)cc1)[C@H]1CCS(=O)(=O)C1. The molecule has 0 saturated carbocycles. The van der Waals surface area contributed by atoms with Crippen LogP contribution in [0.1, 0.15) is 22.5 Å². The van der Waals surface area contributed by atoms with E-state index < -0.39 is 15.9 Å². The molecular formula is C21H19ClN2O4S. The molecule has 1 fully saturated rings. The molecule has 1 aromatic heterocycles. The van der Waals surface area contributed by atoms with E-state index in [2.05, 4.69) is 5.16 Å². The normalized spacial score (nSPS) is 17.9. The number of hydrogen-bond acceptors (Lipinski definition) is 5. The highest BCUT2D eigenvalue weighted by molar-refractivity contribution is 7.91. The maximum Gasteiger partial charge on any atom is 0.276 e. The second-order valence-corrected chi connectivity index (χ2v) is 9.72. The highest BCUT2D eigenvalue weighted by atomic mass is 35.5. The lowest BCUT2D eigenvalue weighted by atomic mass is 10.1. The predicted molar refractivity (Wildman–Crippen MR) is 110 cm³/mol. The van der Waals surface area contributed by atoms with Gasteiger partial charge in [-0.3, -0.25) is 4.79 Å². The Morgan fingerprint density at radius 2 is 1.86 bits per heavy atom. The molecule has 0 spiro atoms. The summed E-state index contributed by atoms with van der Waals surface area (Å²) in [7, 11) is -3.15. The van der Waals surface area contributed by atoms with Crippen LogP contribution in [-0.4, -0.2) is 41.9 Å². The van der Waals surface area contributed by atoms with Gasteiger partial charge in [0.15, 0.2) is 21.3 Å². The van der Waals surface area contributed by atoms with Crippen molar-refractivity contribution < 1.29 is 17.7 Å². The van der Waals surface area contributed by atoms with Crippen molar-refractivity contribution in [3.8, 4) is 11.3 Å². The molecule has 2 aromatic carbocycles. The summed E-state index contributed by atoms with van der Waals surface area (Å²) in [6.45, 7) is 0.268. The lowest BCUT2D eigenvalue weighted by Crippen LogP contribution is -2.40. The van der Waals surface area contributed by atoms with Crippen molar-refractivity contribution in [2.24, 2.45) is 0 Å². The molecule has 2 heterocycles. The van der Waals surface area contributed by atoms with Gasteiger partial charge in [-0.15, -0.1) is 0 Å². The van der Waals surface area contributed by atoms with E-state index >= 15 is 0 Å². The Bertz CT molecular complexity index is 1110. The summed E-state index contributed by atoms with van der Waals surface area (Å²) in [5.41, 5.74) is 1.83. The van der Waals surface area contributed by atoms with Gasteiger partial charge in [-0.2, -0.15) is 0 Å². The minimum absolute atomic E-state index is 0.0459. The van der Waals surface area contributed by atoms with Crippen LogP contribution in [0.15, 0.2) is 65.2 Å². The molecule has 150 valence electrons. The first-order chi connectivity index (χ1) is 13.9. The summed E-state index contributed by atoms with van der Waals surface area (Å²) in [5.74, 6) is 0.165. The molecule has 1 saturated heterocycles. The van der Waals surface area contributed by atoms with Crippen LogP contribution in [0.3, 0.4) is 0 Å². The van der Waals surface area contributed by atoms with E-state index in [1.165, 1.54) is 0 Å². The Hall–Kier alpha value is -2.64. The Balaban J connectivity index is 1.62. The Morgan fingerprint density at radius 1 is 1.14 bits per heavy atom. The molecule has 4 rings (SSSR count). The Labute approximate surface area is 174 Å². The van der Waals surface area contributed by atoms with Crippen LogP contribution < -0.4 is 0 Å². The molecule has 0 bridgehead atoms. The van der Waals surface area contributed by atoms with E-state index in [0.29, 0.717) is 17.2 Å². The molecule has 3 aromatic rings. The second-order valence-electron chi connectivity index (χ2n) is 7.06. The van der Waals surface area contributed by atoms with Crippen molar-refractivity contribution >= 4 is 27.3 Å². The van der Waals surface area contributed by atoms with E-state index in [1.807, 2.05) is 42.5 Å². The number of nitrogens with zero attached hydrogens (tertiary/aromatic N) is 2. The zero-order valence-corrected chi connectivity index (χ0v) is 17.1. The first kappa shape index (κ1) is 19.7. The summed E-state index contributed by atoms with van der Waals surface area (Å²) in [4.78, 5) is 14.8. The number of amides is 1. The molecule has 8 heteroatoms. The van der Waals surface area contributed by atoms with Crippen molar-refractivity contribution in [3.05, 3.63) is 76.9 Å². The number of halogens is 1. The summed E-state index contributed by atoms with van der Waals surface area (Å²) >= 11 is 5.95. The Kier molecular flexibility index (Phi) is 5.43. The molecular weight excluding hydrogens is 412 g/mol. The Morgan fingerprint density at radius 3 is 2.52 bits per heavy atom. The van der Waals surface area contributed by atoms with Gasteiger partial charge in [-0.05, 0) is 24.1 Å². The smallest absolute Gasteiger partial charge is 0.276 e. The third-order valence-corrected chi connectivity index (χ3v) is 6.97. The summed E-state index contributed by atoms with van der Waals surface area (Å²) < 4.78 is 29.4. The number of carbonyl (C=O) groups is 1. The van der Waals surface area contributed by atoms with Gasteiger partial charge >= 0.3 is 0 Å². The van der Waals surface area contributed by atoms with Crippen LogP contribution in [0.2, 0.25) is 5.02 Å². The lowest BCUT2D eigenvalue weighted by Gasteiger charge is -2.27. The second kappa shape index (κ2) is 8.00. The van der Waals surface area contributed by atoms with Crippen molar-refractivity contribution in [2.75, 3.05) is 11.5 Å². The van der Waals surface area contributed by atoms with E-state index in [-0.39, 0.29) is 29.7 Å². The van der Waals surface area contributed by atoms with Gasteiger partial charge in [0.1, 0.15) is 0 Å². The fourth-order valence-electron chi connectivity index (χ4n) is 3.44. The largest absolute Gasteiger partial charge is 0.355 e.